The van der Waals surface area contributed by atoms with Crippen molar-refractivity contribution in [2.24, 2.45) is 0 Å². The molecular weight excluding hydrogens is 360 g/mol. The van der Waals surface area contributed by atoms with Gasteiger partial charge in [0, 0.05) is 11.4 Å². The maximum absolute atomic E-state index is 11.7. The topological polar surface area (TPSA) is 102 Å². The summed E-state index contributed by atoms with van der Waals surface area (Å²) in [6, 6.07) is 7.42. The van der Waals surface area contributed by atoms with Gasteiger partial charge in [0.2, 0.25) is 0 Å². The maximum atomic E-state index is 11.7. The molecule has 3 aromatic rings. The first-order chi connectivity index (χ1) is 12.6. The Hall–Kier alpha value is -2.26. The fourth-order valence-corrected chi connectivity index (χ4v) is 3.15. The van der Waals surface area contributed by atoms with Crippen molar-refractivity contribution in [3.8, 4) is 0 Å². The Kier molecular flexibility index (Phi) is 4.73. The average molecular weight is 377 g/mol. The van der Waals surface area contributed by atoms with E-state index in [1.807, 2.05) is 24.3 Å². The molecule has 1 saturated heterocycles. The molecule has 4 rings (SSSR count). The first kappa shape index (κ1) is 17.2. The van der Waals surface area contributed by atoms with Crippen LogP contribution >= 0.6 is 11.6 Å². The van der Waals surface area contributed by atoms with Gasteiger partial charge in [-0.05, 0) is 17.7 Å². The van der Waals surface area contributed by atoms with Crippen molar-refractivity contribution < 1.29 is 14.6 Å². The van der Waals surface area contributed by atoms with Gasteiger partial charge in [-0.1, -0.05) is 23.7 Å². The minimum Gasteiger partial charge on any atom is -0.388 e. The molecule has 1 aliphatic heterocycles. The molecule has 8 nitrogen and oxygen atoms in total. The number of rotatable bonds is 5. The summed E-state index contributed by atoms with van der Waals surface area (Å²) in [5, 5.41) is 11.0. The molecule has 9 heteroatoms. The Morgan fingerprint density at radius 1 is 1.35 bits per heavy atom. The number of aliphatic hydroxyl groups excluding tert-OH is 1. The summed E-state index contributed by atoms with van der Waals surface area (Å²) in [4.78, 5) is 22.4. The highest BCUT2D eigenvalue weighted by molar-refractivity contribution is 6.30. The van der Waals surface area contributed by atoms with E-state index < -0.39 is 12.3 Å². The normalized spacial score (nSPS) is 22.9. The number of aromatic amines is 1. The number of ether oxygens (including phenoxy) is 2. The zero-order valence-corrected chi connectivity index (χ0v) is 14.5. The van der Waals surface area contributed by atoms with Gasteiger partial charge in [-0.3, -0.25) is 9.36 Å². The van der Waals surface area contributed by atoms with Gasteiger partial charge in [0.1, 0.15) is 6.10 Å². The van der Waals surface area contributed by atoms with Crippen LogP contribution in [0.5, 0.6) is 0 Å². The van der Waals surface area contributed by atoms with Gasteiger partial charge in [0.15, 0.2) is 17.4 Å². The van der Waals surface area contributed by atoms with Gasteiger partial charge in [0.05, 0.1) is 32.0 Å². The molecule has 2 aromatic heterocycles. The molecule has 136 valence electrons. The number of hydrogen-bond donors (Lipinski definition) is 2. The Balaban J connectivity index is 1.40. The lowest BCUT2D eigenvalue weighted by atomic mass is 10.2. The van der Waals surface area contributed by atoms with Gasteiger partial charge in [-0.25, -0.2) is 9.97 Å². The molecule has 0 amide bonds. The summed E-state index contributed by atoms with van der Waals surface area (Å²) in [7, 11) is 0. The van der Waals surface area contributed by atoms with Crippen LogP contribution in [0.4, 0.5) is 0 Å². The summed E-state index contributed by atoms with van der Waals surface area (Å²) in [6.07, 6.45) is 1.53. The number of aromatic nitrogens is 4. The molecule has 3 heterocycles. The minimum absolute atomic E-state index is 0.214. The molecule has 0 radical (unpaired) electrons. The Bertz CT molecular complexity index is 955. The second-order valence-electron chi connectivity index (χ2n) is 6.15. The van der Waals surface area contributed by atoms with Crippen molar-refractivity contribution in [2.75, 3.05) is 6.61 Å². The van der Waals surface area contributed by atoms with E-state index in [9.17, 15) is 9.90 Å². The Morgan fingerprint density at radius 2 is 2.15 bits per heavy atom. The van der Waals surface area contributed by atoms with E-state index in [1.165, 1.54) is 12.7 Å². The fourth-order valence-electron chi connectivity index (χ4n) is 3.03. The number of nitrogens with zero attached hydrogens (tertiary/aromatic N) is 3. The molecule has 1 fully saturated rings. The molecule has 3 atom stereocenters. The van der Waals surface area contributed by atoms with Crippen LogP contribution in [0.2, 0.25) is 5.02 Å². The van der Waals surface area contributed by atoms with Gasteiger partial charge >= 0.3 is 0 Å². The summed E-state index contributed by atoms with van der Waals surface area (Å²) in [5.74, 6) is 0. The molecule has 0 spiro atoms. The molecule has 1 aliphatic rings. The number of hydrogen-bond acceptors (Lipinski definition) is 6. The molecular formula is C17H17ClN4O4. The number of benzene rings is 1. The van der Waals surface area contributed by atoms with Crippen molar-refractivity contribution in [3.05, 3.63) is 57.9 Å². The number of nitrogens with one attached hydrogen (secondary N) is 1. The van der Waals surface area contributed by atoms with E-state index in [2.05, 4.69) is 15.0 Å². The lowest BCUT2D eigenvalue weighted by molar-refractivity contribution is -0.0623. The van der Waals surface area contributed by atoms with Crippen LogP contribution in [0.15, 0.2) is 41.7 Å². The van der Waals surface area contributed by atoms with Crippen LogP contribution in [-0.4, -0.2) is 43.4 Å². The summed E-state index contributed by atoms with van der Waals surface area (Å²) in [6.45, 7) is 0.777. The third-order valence-corrected chi connectivity index (χ3v) is 4.54. The predicted molar refractivity (Wildman–Crippen MR) is 93.8 cm³/mol. The van der Waals surface area contributed by atoms with Crippen LogP contribution in [-0.2, 0) is 16.1 Å². The third kappa shape index (κ3) is 3.36. The smallest absolute Gasteiger partial charge is 0.278 e. The third-order valence-electron chi connectivity index (χ3n) is 4.29. The zero-order valence-electron chi connectivity index (χ0n) is 13.7. The summed E-state index contributed by atoms with van der Waals surface area (Å²) < 4.78 is 13.2. The monoisotopic (exact) mass is 376 g/mol. The highest BCUT2D eigenvalue weighted by Gasteiger charge is 2.36. The SMILES string of the molecule is O=c1[nH]cnc2c1ncn2[C@@H]1O[C@H](COCc2ccc(Cl)cc2)C[C@H]1O. The molecule has 0 bridgehead atoms. The van der Waals surface area contributed by atoms with Gasteiger partial charge in [-0.15, -0.1) is 0 Å². The molecule has 26 heavy (non-hydrogen) atoms. The molecule has 0 unspecified atom stereocenters. The van der Waals surface area contributed by atoms with Gasteiger partial charge < -0.3 is 19.6 Å². The number of halogens is 1. The number of imidazole rings is 1. The van der Waals surface area contributed by atoms with Crippen LogP contribution in [0.25, 0.3) is 11.2 Å². The lowest BCUT2D eigenvalue weighted by Crippen LogP contribution is -2.20. The highest BCUT2D eigenvalue weighted by Crippen LogP contribution is 2.30. The average Bonchev–Trinajstić information content (AvgIpc) is 3.21. The minimum atomic E-state index is -0.738. The van der Waals surface area contributed by atoms with E-state index in [-0.39, 0.29) is 17.2 Å². The first-order valence-corrected chi connectivity index (χ1v) is 8.55. The summed E-state index contributed by atoms with van der Waals surface area (Å²) in [5.41, 5.74) is 1.27. The zero-order chi connectivity index (χ0) is 18.1. The van der Waals surface area contributed by atoms with E-state index in [4.69, 9.17) is 21.1 Å². The second-order valence-corrected chi connectivity index (χ2v) is 6.59. The van der Waals surface area contributed by atoms with Crippen molar-refractivity contribution in [2.45, 2.75) is 31.5 Å². The Morgan fingerprint density at radius 3 is 2.96 bits per heavy atom. The van der Waals surface area contributed by atoms with E-state index in [0.717, 1.165) is 5.56 Å². The lowest BCUT2D eigenvalue weighted by Gasteiger charge is -2.16. The standard InChI is InChI=1S/C17H17ClN4O4/c18-11-3-1-10(2-4-11)6-25-7-12-5-13(23)17(26-12)22-9-21-14-15(22)19-8-20-16(14)24/h1-4,8-9,12-13,17,23H,5-7H2,(H,19,20,24)/t12-,13+,17+/m0/s1. The second kappa shape index (κ2) is 7.16. The largest absolute Gasteiger partial charge is 0.388 e. The van der Waals surface area contributed by atoms with E-state index in [0.29, 0.717) is 30.3 Å². The molecule has 1 aromatic carbocycles. The van der Waals surface area contributed by atoms with E-state index in [1.54, 1.807) is 4.57 Å². The molecule has 0 saturated carbocycles. The number of fused-ring (bicyclic) bond motifs is 1. The molecule has 0 aliphatic carbocycles. The summed E-state index contributed by atoms with van der Waals surface area (Å²) >= 11 is 5.86. The van der Waals surface area contributed by atoms with Crippen LogP contribution in [0.3, 0.4) is 0 Å². The quantitative estimate of drug-likeness (QED) is 0.701. The van der Waals surface area contributed by atoms with Crippen molar-refractivity contribution in [1.29, 1.82) is 0 Å². The van der Waals surface area contributed by atoms with Crippen LogP contribution in [0, 0.1) is 0 Å². The van der Waals surface area contributed by atoms with Gasteiger partial charge in [0.25, 0.3) is 5.56 Å². The molecule has 2 N–H and O–H groups in total. The Labute approximate surface area is 153 Å². The maximum Gasteiger partial charge on any atom is 0.278 e. The van der Waals surface area contributed by atoms with Crippen LogP contribution < -0.4 is 5.56 Å². The van der Waals surface area contributed by atoms with Crippen molar-refractivity contribution in [3.63, 3.8) is 0 Å². The fraction of sp³-hybridized carbons (Fsp3) is 0.353. The van der Waals surface area contributed by atoms with E-state index >= 15 is 0 Å². The number of aliphatic hydroxyl groups is 1. The first-order valence-electron chi connectivity index (χ1n) is 8.18. The van der Waals surface area contributed by atoms with Crippen molar-refractivity contribution in [1.82, 2.24) is 19.5 Å². The number of H-pyrrole nitrogens is 1. The highest BCUT2D eigenvalue weighted by atomic mass is 35.5. The van der Waals surface area contributed by atoms with Crippen LogP contribution in [0.1, 0.15) is 18.2 Å². The van der Waals surface area contributed by atoms with Crippen molar-refractivity contribution >= 4 is 22.8 Å². The predicted octanol–water partition coefficient (Wildman–Crippen LogP) is 1.64. The van der Waals surface area contributed by atoms with Gasteiger partial charge in [-0.2, -0.15) is 0 Å².